The predicted octanol–water partition coefficient (Wildman–Crippen LogP) is 0.908. The Morgan fingerprint density at radius 1 is 1.26 bits per heavy atom. The lowest BCUT2D eigenvalue weighted by molar-refractivity contribution is -0.130. The smallest absolute Gasteiger partial charge is 0.243 e. The summed E-state index contributed by atoms with van der Waals surface area (Å²) >= 11 is 0. The molecule has 0 spiro atoms. The molecule has 3 rings (SSSR count). The van der Waals surface area contributed by atoms with E-state index in [-0.39, 0.29) is 24.4 Å². The predicted molar refractivity (Wildman–Crippen MR) is 99.4 cm³/mol. The van der Waals surface area contributed by atoms with Gasteiger partial charge in [0.2, 0.25) is 21.8 Å². The van der Waals surface area contributed by atoms with E-state index in [1.165, 1.54) is 18.3 Å². The zero-order valence-electron chi connectivity index (χ0n) is 14.8. The molecule has 0 saturated carbocycles. The van der Waals surface area contributed by atoms with Gasteiger partial charge in [0.05, 0.1) is 11.3 Å². The molecule has 8 nitrogen and oxygen atoms in total. The molecule has 0 aliphatic carbocycles. The summed E-state index contributed by atoms with van der Waals surface area (Å²) < 4.78 is 27.1. The van der Waals surface area contributed by atoms with Crippen molar-refractivity contribution in [1.82, 2.24) is 14.6 Å². The van der Waals surface area contributed by atoms with Gasteiger partial charge in [-0.25, -0.2) is 13.4 Å². The number of anilines is 1. The van der Waals surface area contributed by atoms with Crippen LogP contribution in [0, 0.1) is 6.92 Å². The molecule has 2 amide bonds. The van der Waals surface area contributed by atoms with Crippen molar-refractivity contribution in [2.24, 2.45) is 0 Å². The van der Waals surface area contributed by atoms with Crippen molar-refractivity contribution in [3.63, 3.8) is 0 Å². The second-order valence-electron chi connectivity index (χ2n) is 6.20. The molecule has 1 saturated heterocycles. The van der Waals surface area contributed by atoms with E-state index in [4.69, 9.17) is 0 Å². The number of pyridine rings is 1. The first kappa shape index (κ1) is 19.0. The minimum Gasteiger partial charge on any atom is -0.353 e. The van der Waals surface area contributed by atoms with Crippen LogP contribution < -0.4 is 10.6 Å². The van der Waals surface area contributed by atoms with E-state index in [1.54, 1.807) is 30.3 Å². The van der Waals surface area contributed by atoms with Gasteiger partial charge < -0.3 is 10.6 Å². The summed E-state index contributed by atoms with van der Waals surface area (Å²) in [6.07, 6.45) is 1.23. The van der Waals surface area contributed by atoms with E-state index in [0.29, 0.717) is 5.82 Å². The molecule has 2 aromatic rings. The van der Waals surface area contributed by atoms with Gasteiger partial charge in [0, 0.05) is 19.3 Å². The number of hydrogen-bond acceptors (Lipinski definition) is 5. The maximum Gasteiger partial charge on any atom is 0.243 e. The molecule has 0 bridgehead atoms. The van der Waals surface area contributed by atoms with Gasteiger partial charge in [-0.15, -0.1) is 0 Å². The Labute approximate surface area is 157 Å². The molecule has 1 aliphatic rings. The lowest BCUT2D eigenvalue weighted by Gasteiger charge is -2.33. The summed E-state index contributed by atoms with van der Waals surface area (Å²) in [5.74, 6) is -0.639. The zero-order valence-corrected chi connectivity index (χ0v) is 15.6. The number of piperazine rings is 1. The highest BCUT2D eigenvalue weighted by Gasteiger charge is 2.39. The van der Waals surface area contributed by atoms with Crippen LogP contribution in [0.2, 0.25) is 0 Å². The normalized spacial score (nSPS) is 18.0. The van der Waals surface area contributed by atoms with E-state index in [2.05, 4.69) is 15.6 Å². The van der Waals surface area contributed by atoms with E-state index >= 15 is 0 Å². The van der Waals surface area contributed by atoms with Crippen molar-refractivity contribution in [3.8, 4) is 0 Å². The van der Waals surface area contributed by atoms with E-state index in [9.17, 15) is 18.0 Å². The third-order valence-electron chi connectivity index (χ3n) is 4.22. The topological polar surface area (TPSA) is 108 Å². The number of aromatic nitrogens is 1. The SMILES string of the molecule is Cc1ccc(S(=O)(=O)N2CCNC(=O)[C@@H]2CC(=O)Nc2ccccn2)cc1. The number of aryl methyl sites for hydroxylation is 1. The number of nitrogens with one attached hydrogen (secondary N) is 2. The van der Waals surface area contributed by atoms with Gasteiger partial charge in [-0.1, -0.05) is 23.8 Å². The summed E-state index contributed by atoms with van der Waals surface area (Å²) in [5.41, 5.74) is 0.927. The van der Waals surface area contributed by atoms with Gasteiger partial charge in [0.15, 0.2) is 0 Å². The molecule has 2 N–H and O–H groups in total. The Bertz CT molecular complexity index is 930. The summed E-state index contributed by atoms with van der Waals surface area (Å²) in [6.45, 7) is 2.15. The number of nitrogens with zero attached hydrogens (tertiary/aromatic N) is 2. The van der Waals surface area contributed by atoms with Gasteiger partial charge in [-0.3, -0.25) is 9.59 Å². The van der Waals surface area contributed by atoms with Crippen molar-refractivity contribution in [1.29, 1.82) is 0 Å². The Morgan fingerprint density at radius 3 is 2.67 bits per heavy atom. The average Bonchev–Trinajstić information content (AvgIpc) is 2.64. The highest BCUT2D eigenvalue weighted by molar-refractivity contribution is 7.89. The first-order valence-electron chi connectivity index (χ1n) is 8.45. The molecule has 1 aliphatic heterocycles. The molecule has 1 aromatic heterocycles. The first-order valence-corrected chi connectivity index (χ1v) is 9.89. The maximum absolute atomic E-state index is 13.0. The largest absolute Gasteiger partial charge is 0.353 e. The first-order chi connectivity index (χ1) is 12.9. The monoisotopic (exact) mass is 388 g/mol. The maximum atomic E-state index is 13.0. The minimum atomic E-state index is -3.90. The van der Waals surface area contributed by atoms with Crippen LogP contribution in [-0.4, -0.2) is 48.7 Å². The molecular formula is C18H20N4O4S. The van der Waals surface area contributed by atoms with E-state index < -0.39 is 27.9 Å². The van der Waals surface area contributed by atoms with Crippen LogP contribution in [0.4, 0.5) is 5.82 Å². The van der Waals surface area contributed by atoms with Crippen LogP contribution in [0.15, 0.2) is 53.6 Å². The van der Waals surface area contributed by atoms with Crippen LogP contribution in [0.5, 0.6) is 0 Å². The molecule has 9 heteroatoms. The van der Waals surface area contributed by atoms with Crippen molar-refractivity contribution in [2.45, 2.75) is 24.3 Å². The summed E-state index contributed by atoms with van der Waals surface area (Å²) in [6, 6.07) is 10.3. The summed E-state index contributed by atoms with van der Waals surface area (Å²) in [4.78, 5) is 28.7. The van der Waals surface area contributed by atoms with Gasteiger partial charge in [0.1, 0.15) is 11.9 Å². The quantitative estimate of drug-likeness (QED) is 0.791. The van der Waals surface area contributed by atoms with E-state index in [1.807, 2.05) is 6.92 Å². The van der Waals surface area contributed by atoms with Crippen molar-refractivity contribution in [3.05, 3.63) is 54.2 Å². The standard InChI is InChI=1S/C18H20N4O4S/c1-13-5-7-14(8-6-13)27(25,26)22-11-10-20-18(24)15(22)12-17(23)21-16-4-2-3-9-19-16/h2-9,15H,10-12H2,1H3,(H,20,24)(H,19,21,23)/t15-/m0/s1. The highest BCUT2D eigenvalue weighted by Crippen LogP contribution is 2.22. The van der Waals surface area contributed by atoms with Crippen LogP contribution in [0.1, 0.15) is 12.0 Å². The Balaban J connectivity index is 1.81. The van der Waals surface area contributed by atoms with Crippen LogP contribution >= 0.6 is 0 Å². The van der Waals surface area contributed by atoms with Gasteiger partial charge in [0.25, 0.3) is 0 Å². The van der Waals surface area contributed by atoms with Gasteiger partial charge in [-0.2, -0.15) is 4.31 Å². The fourth-order valence-corrected chi connectivity index (χ4v) is 4.42. The molecular weight excluding hydrogens is 368 g/mol. The van der Waals surface area contributed by atoms with Gasteiger partial charge >= 0.3 is 0 Å². The number of carbonyl (C=O) groups excluding carboxylic acids is 2. The number of carbonyl (C=O) groups is 2. The number of hydrogen-bond donors (Lipinski definition) is 2. The lowest BCUT2D eigenvalue weighted by atomic mass is 10.1. The number of rotatable bonds is 5. The summed E-state index contributed by atoms with van der Waals surface area (Å²) in [7, 11) is -3.90. The second kappa shape index (κ2) is 7.85. The fourth-order valence-electron chi connectivity index (χ4n) is 2.83. The Kier molecular flexibility index (Phi) is 5.52. The molecule has 27 heavy (non-hydrogen) atoms. The van der Waals surface area contributed by atoms with Crippen LogP contribution in [0.3, 0.4) is 0 Å². The molecule has 1 atom stereocenters. The van der Waals surface area contributed by atoms with Crippen LogP contribution in [-0.2, 0) is 19.6 Å². The second-order valence-corrected chi connectivity index (χ2v) is 8.09. The van der Waals surface area contributed by atoms with Gasteiger partial charge in [-0.05, 0) is 31.2 Å². The Morgan fingerprint density at radius 2 is 2.00 bits per heavy atom. The molecule has 0 radical (unpaired) electrons. The van der Waals surface area contributed by atoms with Crippen molar-refractivity contribution in [2.75, 3.05) is 18.4 Å². The number of sulfonamides is 1. The molecule has 142 valence electrons. The van der Waals surface area contributed by atoms with Crippen LogP contribution in [0.25, 0.3) is 0 Å². The average molecular weight is 388 g/mol. The molecule has 1 fully saturated rings. The van der Waals surface area contributed by atoms with Crippen molar-refractivity contribution >= 4 is 27.7 Å². The van der Waals surface area contributed by atoms with Crippen molar-refractivity contribution < 1.29 is 18.0 Å². The number of benzene rings is 1. The van der Waals surface area contributed by atoms with E-state index in [0.717, 1.165) is 9.87 Å². The molecule has 0 unspecified atom stereocenters. The third kappa shape index (κ3) is 4.32. The summed E-state index contributed by atoms with van der Waals surface area (Å²) in [5, 5.41) is 5.20. The zero-order chi connectivity index (χ0) is 19.4. The lowest BCUT2D eigenvalue weighted by Crippen LogP contribution is -2.57. The third-order valence-corrected chi connectivity index (χ3v) is 6.14. The number of amides is 2. The Hall–Kier alpha value is -2.78. The minimum absolute atomic E-state index is 0.0953. The fraction of sp³-hybridized carbons (Fsp3) is 0.278. The molecule has 2 heterocycles. The highest BCUT2D eigenvalue weighted by atomic mass is 32.2. The molecule has 1 aromatic carbocycles.